The van der Waals surface area contributed by atoms with Crippen molar-refractivity contribution in [3.05, 3.63) is 43.8 Å². The van der Waals surface area contributed by atoms with Crippen LogP contribution in [0.3, 0.4) is 0 Å². The van der Waals surface area contributed by atoms with Crippen LogP contribution in [0.25, 0.3) is 0 Å². The fourth-order valence-electron chi connectivity index (χ4n) is 2.06. The molecule has 1 atom stereocenters. The standard InChI is InChI=1S/C15H21NS2/c1-4-8-16-15(13-10-17-9-11(13)3)14-7-6-12(5-2)18-14/h6-7,9-10,15-16H,4-5,8H2,1-3H3. The van der Waals surface area contributed by atoms with E-state index < -0.39 is 0 Å². The van der Waals surface area contributed by atoms with E-state index in [4.69, 9.17) is 0 Å². The highest BCUT2D eigenvalue weighted by Gasteiger charge is 2.17. The molecule has 2 aromatic heterocycles. The Hall–Kier alpha value is -0.640. The molecule has 0 aromatic carbocycles. The van der Waals surface area contributed by atoms with Gasteiger partial charge in [-0.15, -0.1) is 11.3 Å². The van der Waals surface area contributed by atoms with Crippen LogP contribution in [0, 0.1) is 6.92 Å². The number of aryl methyl sites for hydroxylation is 2. The first-order valence-electron chi connectivity index (χ1n) is 6.61. The van der Waals surface area contributed by atoms with Crippen LogP contribution in [-0.4, -0.2) is 6.54 Å². The summed E-state index contributed by atoms with van der Waals surface area (Å²) < 4.78 is 0. The van der Waals surface area contributed by atoms with E-state index in [0.29, 0.717) is 6.04 Å². The third-order valence-electron chi connectivity index (χ3n) is 3.12. The van der Waals surface area contributed by atoms with Crippen molar-refractivity contribution < 1.29 is 0 Å². The molecule has 2 aromatic rings. The summed E-state index contributed by atoms with van der Waals surface area (Å²) in [5, 5.41) is 8.21. The molecule has 0 saturated carbocycles. The summed E-state index contributed by atoms with van der Waals surface area (Å²) in [7, 11) is 0. The predicted octanol–water partition coefficient (Wildman–Crippen LogP) is 4.77. The lowest BCUT2D eigenvalue weighted by atomic mass is 10.1. The Balaban J connectivity index is 2.27. The van der Waals surface area contributed by atoms with Gasteiger partial charge in [0.05, 0.1) is 6.04 Å². The summed E-state index contributed by atoms with van der Waals surface area (Å²) in [5.74, 6) is 0. The Morgan fingerprint density at radius 2 is 2.06 bits per heavy atom. The summed E-state index contributed by atoms with van der Waals surface area (Å²) in [6.07, 6.45) is 2.31. The highest BCUT2D eigenvalue weighted by Crippen LogP contribution is 2.32. The van der Waals surface area contributed by atoms with Crippen molar-refractivity contribution in [2.45, 2.75) is 39.7 Å². The van der Waals surface area contributed by atoms with Gasteiger partial charge in [0.25, 0.3) is 0 Å². The summed E-state index contributed by atoms with van der Waals surface area (Å²) >= 11 is 3.74. The third kappa shape index (κ3) is 3.02. The molecule has 0 radical (unpaired) electrons. The van der Waals surface area contributed by atoms with Gasteiger partial charge in [0, 0.05) is 9.75 Å². The van der Waals surface area contributed by atoms with E-state index in [1.54, 1.807) is 11.3 Å². The van der Waals surface area contributed by atoms with Crippen LogP contribution < -0.4 is 5.32 Å². The Morgan fingerprint density at radius 1 is 1.22 bits per heavy atom. The molecule has 3 heteroatoms. The highest BCUT2D eigenvalue weighted by atomic mass is 32.1. The average molecular weight is 279 g/mol. The zero-order chi connectivity index (χ0) is 13.0. The van der Waals surface area contributed by atoms with Gasteiger partial charge in [-0.05, 0) is 60.3 Å². The Labute approximate surface area is 118 Å². The van der Waals surface area contributed by atoms with Gasteiger partial charge in [-0.1, -0.05) is 13.8 Å². The summed E-state index contributed by atoms with van der Waals surface area (Å²) in [4.78, 5) is 2.92. The van der Waals surface area contributed by atoms with Gasteiger partial charge < -0.3 is 5.32 Å². The lowest BCUT2D eigenvalue weighted by Gasteiger charge is -2.17. The first-order chi connectivity index (χ1) is 8.76. The molecule has 0 aliphatic carbocycles. The van der Waals surface area contributed by atoms with Gasteiger partial charge >= 0.3 is 0 Å². The SMILES string of the molecule is CCCNC(c1ccc(CC)s1)c1cscc1C. The van der Waals surface area contributed by atoms with E-state index in [9.17, 15) is 0 Å². The second-order valence-electron chi connectivity index (χ2n) is 4.55. The largest absolute Gasteiger partial charge is 0.306 e. The maximum absolute atomic E-state index is 3.68. The van der Waals surface area contributed by atoms with Crippen LogP contribution >= 0.6 is 22.7 Å². The van der Waals surface area contributed by atoms with Crippen LogP contribution in [0.1, 0.15) is 47.2 Å². The normalized spacial score (nSPS) is 12.8. The molecular formula is C15H21NS2. The van der Waals surface area contributed by atoms with Crippen LogP contribution in [0.5, 0.6) is 0 Å². The molecule has 98 valence electrons. The van der Waals surface area contributed by atoms with E-state index in [1.165, 1.54) is 27.3 Å². The highest BCUT2D eigenvalue weighted by molar-refractivity contribution is 7.12. The van der Waals surface area contributed by atoms with Crippen LogP contribution in [0.15, 0.2) is 22.9 Å². The van der Waals surface area contributed by atoms with Crippen molar-refractivity contribution >= 4 is 22.7 Å². The minimum atomic E-state index is 0.376. The Morgan fingerprint density at radius 3 is 2.61 bits per heavy atom. The molecule has 2 rings (SSSR count). The molecule has 1 unspecified atom stereocenters. The number of rotatable bonds is 6. The van der Waals surface area contributed by atoms with Crippen LogP contribution in [-0.2, 0) is 6.42 Å². The van der Waals surface area contributed by atoms with Crippen molar-refractivity contribution in [2.24, 2.45) is 0 Å². The Bertz CT molecular complexity index is 484. The molecular weight excluding hydrogens is 258 g/mol. The first-order valence-corrected chi connectivity index (χ1v) is 8.36. The van der Waals surface area contributed by atoms with E-state index in [2.05, 4.69) is 49.0 Å². The predicted molar refractivity (Wildman–Crippen MR) is 82.9 cm³/mol. The van der Waals surface area contributed by atoms with Gasteiger partial charge in [0.1, 0.15) is 0 Å². The van der Waals surface area contributed by atoms with E-state index in [-0.39, 0.29) is 0 Å². The van der Waals surface area contributed by atoms with E-state index in [1.807, 2.05) is 11.3 Å². The minimum Gasteiger partial charge on any atom is -0.306 e. The van der Waals surface area contributed by atoms with Crippen molar-refractivity contribution in [3.8, 4) is 0 Å². The molecule has 0 aliphatic rings. The second-order valence-corrected chi connectivity index (χ2v) is 6.50. The maximum Gasteiger partial charge on any atom is 0.0681 e. The molecule has 0 fully saturated rings. The van der Waals surface area contributed by atoms with Crippen molar-refractivity contribution in [3.63, 3.8) is 0 Å². The molecule has 0 amide bonds. The average Bonchev–Trinajstić information content (AvgIpc) is 3.00. The van der Waals surface area contributed by atoms with Gasteiger partial charge in [0.15, 0.2) is 0 Å². The second kappa shape index (κ2) is 6.50. The number of nitrogens with one attached hydrogen (secondary N) is 1. The number of hydrogen-bond acceptors (Lipinski definition) is 3. The smallest absolute Gasteiger partial charge is 0.0681 e. The zero-order valence-electron chi connectivity index (χ0n) is 11.3. The molecule has 0 bridgehead atoms. The zero-order valence-corrected chi connectivity index (χ0v) is 13.0. The molecule has 2 heterocycles. The summed E-state index contributed by atoms with van der Waals surface area (Å²) in [5.41, 5.74) is 2.85. The lowest BCUT2D eigenvalue weighted by molar-refractivity contribution is 0.605. The first kappa shape index (κ1) is 13.8. The lowest BCUT2D eigenvalue weighted by Crippen LogP contribution is -2.22. The fourth-order valence-corrected chi connectivity index (χ4v) is 3.98. The van der Waals surface area contributed by atoms with E-state index >= 15 is 0 Å². The molecule has 1 nitrogen and oxygen atoms in total. The van der Waals surface area contributed by atoms with E-state index in [0.717, 1.165) is 13.0 Å². The van der Waals surface area contributed by atoms with Crippen LogP contribution in [0.2, 0.25) is 0 Å². The molecule has 18 heavy (non-hydrogen) atoms. The van der Waals surface area contributed by atoms with Gasteiger partial charge in [0.2, 0.25) is 0 Å². The summed E-state index contributed by atoms with van der Waals surface area (Å²) in [6.45, 7) is 7.72. The van der Waals surface area contributed by atoms with Gasteiger partial charge in [-0.25, -0.2) is 0 Å². The van der Waals surface area contributed by atoms with Gasteiger partial charge in [-0.2, -0.15) is 11.3 Å². The van der Waals surface area contributed by atoms with Gasteiger partial charge in [-0.3, -0.25) is 0 Å². The third-order valence-corrected chi connectivity index (χ3v) is 5.29. The maximum atomic E-state index is 3.68. The molecule has 0 saturated heterocycles. The Kier molecular flexibility index (Phi) is 4.98. The molecule has 0 spiro atoms. The number of hydrogen-bond donors (Lipinski definition) is 1. The molecule has 0 aliphatic heterocycles. The quantitative estimate of drug-likeness (QED) is 0.803. The van der Waals surface area contributed by atoms with Crippen molar-refractivity contribution in [1.82, 2.24) is 5.32 Å². The monoisotopic (exact) mass is 279 g/mol. The minimum absolute atomic E-state index is 0.376. The van der Waals surface area contributed by atoms with Crippen molar-refractivity contribution in [1.29, 1.82) is 0 Å². The number of thiophene rings is 2. The topological polar surface area (TPSA) is 12.0 Å². The van der Waals surface area contributed by atoms with Crippen molar-refractivity contribution in [2.75, 3.05) is 6.54 Å². The van der Waals surface area contributed by atoms with Crippen LogP contribution in [0.4, 0.5) is 0 Å². The fraction of sp³-hybridized carbons (Fsp3) is 0.467. The molecule has 1 N–H and O–H groups in total. The summed E-state index contributed by atoms with van der Waals surface area (Å²) in [6, 6.07) is 4.93.